The molecule has 0 atom stereocenters. The number of carbonyl (C=O) groups excluding carboxylic acids is 1. The Labute approximate surface area is 142 Å². The maximum absolute atomic E-state index is 12.3. The number of nitrogens with one attached hydrogen (secondary N) is 1. The van der Waals surface area contributed by atoms with Crippen LogP contribution < -0.4 is 5.32 Å². The number of anilines is 1. The summed E-state index contributed by atoms with van der Waals surface area (Å²) in [4.78, 5) is 12.3. The molecule has 0 aliphatic heterocycles. The Morgan fingerprint density at radius 2 is 2.05 bits per heavy atom. The number of carbonyl (C=O) groups is 1. The van der Waals surface area contributed by atoms with E-state index in [0.717, 1.165) is 31.4 Å². The van der Waals surface area contributed by atoms with Crippen molar-refractivity contribution in [3.05, 3.63) is 56.8 Å². The molecule has 0 saturated heterocycles. The zero-order chi connectivity index (χ0) is 15.7. The van der Waals surface area contributed by atoms with Crippen LogP contribution in [-0.2, 0) is 11.2 Å². The lowest BCUT2D eigenvalue weighted by atomic mass is 10.0. The van der Waals surface area contributed by atoms with Crippen molar-refractivity contribution in [2.75, 3.05) is 5.32 Å². The van der Waals surface area contributed by atoms with Crippen molar-refractivity contribution in [3.63, 3.8) is 0 Å². The van der Waals surface area contributed by atoms with Crippen molar-refractivity contribution in [1.82, 2.24) is 5.16 Å². The molecule has 0 bridgehead atoms. The van der Waals surface area contributed by atoms with Gasteiger partial charge in [-0.05, 0) is 65.8 Å². The van der Waals surface area contributed by atoms with Gasteiger partial charge in [0, 0.05) is 8.96 Å². The zero-order valence-electron chi connectivity index (χ0n) is 12.3. The van der Waals surface area contributed by atoms with Gasteiger partial charge in [-0.3, -0.25) is 4.79 Å². The maximum Gasteiger partial charge on any atom is 0.230 e. The number of rotatable bonds is 3. The van der Waals surface area contributed by atoms with Gasteiger partial charge < -0.3 is 9.84 Å². The van der Waals surface area contributed by atoms with Crippen LogP contribution in [0.4, 0.5) is 5.69 Å². The van der Waals surface area contributed by atoms with Gasteiger partial charge in [-0.15, -0.1) is 0 Å². The number of halogens is 1. The molecule has 0 saturated carbocycles. The SMILES string of the molecule is Cc1cc(C)c2c(CC(=O)Nc3ccccc3I)noc2c1. The predicted octanol–water partition coefficient (Wildman–Crippen LogP) is 4.23. The fourth-order valence-electron chi connectivity index (χ4n) is 2.55. The molecule has 0 aliphatic rings. The summed E-state index contributed by atoms with van der Waals surface area (Å²) in [5.74, 6) is -0.0979. The number of amides is 1. The summed E-state index contributed by atoms with van der Waals surface area (Å²) in [6, 6.07) is 11.7. The van der Waals surface area contributed by atoms with Crippen molar-refractivity contribution < 1.29 is 9.32 Å². The van der Waals surface area contributed by atoms with Gasteiger partial charge >= 0.3 is 0 Å². The summed E-state index contributed by atoms with van der Waals surface area (Å²) in [6.45, 7) is 4.02. The second-order valence-electron chi connectivity index (χ2n) is 5.29. The first kappa shape index (κ1) is 15.0. The molecule has 5 heteroatoms. The smallest absolute Gasteiger partial charge is 0.230 e. The summed E-state index contributed by atoms with van der Waals surface area (Å²) in [6.07, 6.45) is 0.196. The molecule has 2 aromatic carbocycles. The number of hydrogen-bond donors (Lipinski definition) is 1. The largest absolute Gasteiger partial charge is 0.356 e. The lowest BCUT2D eigenvalue weighted by molar-refractivity contribution is -0.115. The highest BCUT2D eigenvalue weighted by molar-refractivity contribution is 14.1. The Hall–Kier alpha value is -1.89. The second kappa shape index (κ2) is 6.08. The van der Waals surface area contributed by atoms with Gasteiger partial charge in [0.15, 0.2) is 5.58 Å². The minimum atomic E-state index is -0.0979. The zero-order valence-corrected chi connectivity index (χ0v) is 14.5. The Kier molecular flexibility index (Phi) is 4.15. The Morgan fingerprint density at radius 3 is 2.82 bits per heavy atom. The van der Waals surface area contributed by atoms with Gasteiger partial charge in [-0.2, -0.15) is 0 Å². The molecule has 3 aromatic rings. The van der Waals surface area contributed by atoms with Gasteiger partial charge in [0.25, 0.3) is 0 Å². The topological polar surface area (TPSA) is 55.1 Å². The summed E-state index contributed by atoms with van der Waals surface area (Å²) in [5.41, 5.74) is 4.42. The summed E-state index contributed by atoms with van der Waals surface area (Å²) in [5, 5.41) is 7.91. The minimum Gasteiger partial charge on any atom is -0.356 e. The van der Waals surface area contributed by atoms with Crippen LogP contribution in [-0.4, -0.2) is 11.1 Å². The quantitative estimate of drug-likeness (QED) is 0.663. The number of aromatic nitrogens is 1. The molecule has 112 valence electrons. The molecule has 22 heavy (non-hydrogen) atoms. The van der Waals surface area contributed by atoms with Crippen LogP contribution in [0.25, 0.3) is 11.0 Å². The van der Waals surface area contributed by atoms with E-state index < -0.39 is 0 Å². The first-order valence-corrected chi connectivity index (χ1v) is 8.02. The number of nitrogens with zero attached hydrogens (tertiary/aromatic N) is 1. The predicted molar refractivity (Wildman–Crippen MR) is 95.0 cm³/mol. The first-order valence-electron chi connectivity index (χ1n) is 6.94. The van der Waals surface area contributed by atoms with Gasteiger partial charge in [0.2, 0.25) is 5.91 Å². The third kappa shape index (κ3) is 2.99. The number of benzene rings is 2. The average Bonchev–Trinajstić information content (AvgIpc) is 2.84. The molecule has 1 heterocycles. The van der Waals surface area contributed by atoms with Crippen LogP contribution >= 0.6 is 22.6 Å². The van der Waals surface area contributed by atoms with Gasteiger partial charge in [-0.1, -0.05) is 23.4 Å². The van der Waals surface area contributed by atoms with Crippen LogP contribution in [0.3, 0.4) is 0 Å². The van der Waals surface area contributed by atoms with E-state index in [4.69, 9.17) is 4.52 Å². The Morgan fingerprint density at radius 1 is 1.27 bits per heavy atom. The van der Waals surface area contributed by atoms with Crippen molar-refractivity contribution in [2.24, 2.45) is 0 Å². The van der Waals surface area contributed by atoms with Gasteiger partial charge in [-0.25, -0.2) is 0 Å². The fraction of sp³-hybridized carbons (Fsp3) is 0.176. The Balaban J connectivity index is 1.84. The molecule has 0 aliphatic carbocycles. The third-order valence-corrected chi connectivity index (χ3v) is 4.40. The van der Waals surface area contributed by atoms with Gasteiger partial charge in [0.1, 0.15) is 5.69 Å². The molecular formula is C17H15IN2O2. The molecule has 0 unspecified atom stereocenters. The fourth-order valence-corrected chi connectivity index (χ4v) is 3.07. The minimum absolute atomic E-state index is 0.0979. The molecular weight excluding hydrogens is 391 g/mol. The molecule has 1 amide bonds. The molecule has 0 radical (unpaired) electrons. The Bertz CT molecular complexity index is 855. The normalized spacial score (nSPS) is 10.9. The molecule has 1 aromatic heterocycles. The number of aryl methyl sites for hydroxylation is 2. The van der Waals surface area contributed by atoms with E-state index in [2.05, 4.69) is 39.1 Å². The summed E-state index contributed by atoms with van der Waals surface area (Å²) >= 11 is 2.20. The van der Waals surface area contributed by atoms with Crippen molar-refractivity contribution in [2.45, 2.75) is 20.3 Å². The van der Waals surface area contributed by atoms with Crippen molar-refractivity contribution in [1.29, 1.82) is 0 Å². The number of para-hydroxylation sites is 1. The van der Waals surface area contributed by atoms with Crippen molar-refractivity contribution in [3.8, 4) is 0 Å². The molecule has 3 rings (SSSR count). The lowest BCUT2D eigenvalue weighted by Crippen LogP contribution is -2.15. The van der Waals surface area contributed by atoms with Crippen LogP contribution in [0.2, 0.25) is 0 Å². The van der Waals surface area contributed by atoms with E-state index in [1.807, 2.05) is 44.2 Å². The van der Waals surface area contributed by atoms with E-state index in [1.165, 1.54) is 0 Å². The first-order chi connectivity index (χ1) is 10.5. The van der Waals surface area contributed by atoms with E-state index in [0.29, 0.717) is 5.69 Å². The number of hydrogen-bond acceptors (Lipinski definition) is 3. The molecule has 0 spiro atoms. The lowest BCUT2D eigenvalue weighted by Gasteiger charge is -2.06. The highest BCUT2D eigenvalue weighted by atomic mass is 127. The average molecular weight is 406 g/mol. The van der Waals surface area contributed by atoms with Crippen molar-refractivity contribution >= 4 is 45.2 Å². The van der Waals surface area contributed by atoms with E-state index in [-0.39, 0.29) is 12.3 Å². The maximum atomic E-state index is 12.3. The van der Waals surface area contributed by atoms with Gasteiger partial charge in [0.05, 0.1) is 12.1 Å². The van der Waals surface area contributed by atoms with Crippen LogP contribution in [0.5, 0.6) is 0 Å². The van der Waals surface area contributed by atoms with E-state index in [9.17, 15) is 4.79 Å². The van der Waals surface area contributed by atoms with E-state index in [1.54, 1.807) is 0 Å². The molecule has 0 fully saturated rings. The summed E-state index contributed by atoms with van der Waals surface area (Å²) in [7, 11) is 0. The molecule has 4 nitrogen and oxygen atoms in total. The second-order valence-corrected chi connectivity index (χ2v) is 6.45. The highest BCUT2D eigenvalue weighted by Crippen LogP contribution is 2.25. The molecule has 1 N–H and O–H groups in total. The highest BCUT2D eigenvalue weighted by Gasteiger charge is 2.15. The monoisotopic (exact) mass is 406 g/mol. The summed E-state index contributed by atoms with van der Waals surface area (Å²) < 4.78 is 6.36. The standard InChI is InChI=1S/C17H15IN2O2/c1-10-7-11(2)17-14(20-22-15(17)8-10)9-16(21)19-13-6-4-3-5-12(13)18/h3-8H,9H2,1-2H3,(H,19,21). The van der Waals surface area contributed by atoms with E-state index >= 15 is 0 Å². The third-order valence-electron chi connectivity index (χ3n) is 3.46. The van der Waals surface area contributed by atoms with Crippen LogP contribution in [0.15, 0.2) is 40.9 Å². The van der Waals surface area contributed by atoms with Crippen LogP contribution in [0, 0.1) is 17.4 Å². The number of fused-ring (bicyclic) bond motifs is 1. The van der Waals surface area contributed by atoms with Crippen LogP contribution in [0.1, 0.15) is 16.8 Å².